The number of amides is 7. The summed E-state index contributed by atoms with van der Waals surface area (Å²) in [4.78, 5) is 134. The van der Waals surface area contributed by atoms with E-state index in [1.807, 2.05) is 70.2 Å². The van der Waals surface area contributed by atoms with Crippen molar-refractivity contribution in [3.8, 4) is 0 Å². The zero-order chi connectivity index (χ0) is 56.5. The topological polar surface area (TPSA) is 262 Å². The van der Waals surface area contributed by atoms with Gasteiger partial charge in [-0.05, 0) is 92.4 Å². The molecule has 76 heavy (non-hydrogen) atoms. The lowest BCUT2D eigenvalue weighted by atomic mass is 9.95. The highest BCUT2D eigenvalue weighted by Crippen LogP contribution is 2.27. The van der Waals surface area contributed by atoms with E-state index < -0.39 is 138 Å². The maximum absolute atomic E-state index is 15.0. The molecule has 20 heteroatoms. The van der Waals surface area contributed by atoms with Gasteiger partial charge in [0, 0.05) is 33.6 Å². The van der Waals surface area contributed by atoms with Crippen molar-refractivity contribution in [2.45, 2.75) is 187 Å². The fourth-order valence-electron chi connectivity index (χ4n) is 10.5. The molecule has 3 heterocycles. The van der Waals surface area contributed by atoms with Crippen molar-refractivity contribution in [3.05, 3.63) is 48.0 Å². The van der Waals surface area contributed by atoms with Gasteiger partial charge in [0.05, 0.1) is 18.6 Å². The Morgan fingerprint density at radius 2 is 1.47 bits per heavy atom. The molecular weight excluding hydrogens is 979 g/mol. The number of aliphatic hydroxyl groups excluding tert-OH is 2. The third-order valence-corrected chi connectivity index (χ3v) is 14.8. The molecule has 0 bridgehead atoms. The van der Waals surface area contributed by atoms with Gasteiger partial charge in [-0.25, -0.2) is 4.79 Å². The minimum atomic E-state index is -1.72. The van der Waals surface area contributed by atoms with Crippen LogP contribution in [0, 0.1) is 23.7 Å². The Morgan fingerprint density at radius 3 is 2.09 bits per heavy atom. The van der Waals surface area contributed by atoms with Crippen LogP contribution in [0.5, 0.6) is 0 Å². The monoisotopic (exact) mass is 1060 g/mol. The highest BCUT2D eigenvalue weighted by molar-refractivity contribution is 5.97. The Balaban J connectivity index is 1.61. The number of benzene rings is 2. The predicted octanol–water partition coefficient (Wildman–Crippen LogP) is 2.87. The number of carbonyl (C=O) groups excluding carboxylic acids is 9. The van der Waals surface area contributed by atoms with Gasteiger partial charge in [-0.3, -0.25) is 38.4 Å². The SMILES string of the molecule is CC(C)CC(C(=O)N[C@@H]1C(=O)N[C@H](C(C)C)[C@@H](O)CC(=O)O[C@@H](C(C)C)C(=O)N[C@@H](CC(C)C)C(=O)N2CCCC2C(=O)N(C)C(Cc2ccc3ccccc3c2)C(=O)O[C@@H]1C)N(C)C(=O)C1CCCN1C(=O)[C@H](C)O. The lowest BCUT2D eigenvalue weighted by Crippen LogP contribution is -2.62. The van der Waals surface area contributed by atoms with Gasteiger partial charge in [0.25, 0.3) is 11.8 Å². The third-order valence-electron chi connectivity index (χ3n) is 14.8. The molecule has 3 saturated heterocycles. The van der Waals surface area contributed by atoms with Gasteiger partial charge in [-0.2, -0.15) is 0 Å². The number of cyclic esters (lactones) is 2. The third kappa shape index (κ3) is 15.1. The number of likely N-dealkylation sites (N-methyl/N-ethyl adjacent to an activating group) is 2. The molecule has 3 aliphatic rings. The highest BCUT2D eigenvalue weighted by Gasteiger charge is 2.45. The molecule has 5 N–H and O–H groups in total. The molecule has 7 amide bonds. The van der Waals surface area contributed by atoms with Gasteiger partial charge in [0.15, 0.2) is 6.10 Å². The van der Waals surface area contributed by atoms with Crippen LogP contribution in [-0.2, 0) is 59.0 Å². The average molecular weight is 1060 g/mol. The first-order valence-electron chi connectivity index (χ1n) is 27.0. The second kappa shape index (κ2) is 26.8. The van der Waals surface area contributed by atoms with Crippen LogP contribution in [0.1, 0.15) is 120 Å². The summed E-state index contributed by atoms with van der Waals surface area (Å²) in [5.74, 6) is -8.14. The molecule has 3 fully saturated rings. The summed E-state index contributed by atoms with van der Waals surface area (Å²) in [5, 5.41) is 31.9. The van der Waals surface area contributed by atoms with Gasteiger partial charge in [-0.1, -0.05) is 97.9 Å². The van der Waals surface area contributed by atoms with Crippen LogP contribution < -0.4 is 16.0 Å². The van der Waals surface area contributed by atoms with E-state index in [-0.39, 0.29) is 50.6 Å². The minimum absolute atomic E-state index is 0.0695. The number of esters is 2. The van der Waals surface area contributed by atoms with Crippen LogP contribution in [0.2, 0.25) is 0 Å². The molecule has 0 radical (unpaired) electrons. The first-order chi connectivity index (χ1) is 35.7. The maximum atomic E-state index is 15.0. The van der Waals surface area contributed by atoms with Crippen molar-refractivity contribution in [1.82, 2.24) is 35.6 Å². The van der Waals surface area contributed by atoms with Crippen molar-refractivity contribution in [2.75, 3.05) is 27.2 Å². The van der Waals surface area contributed by atoms with E-state index in [1.54, 1.807) is 27.7 Å². The molecule has 0 spiro atoms. The van der Waals surface area contributed by atoms with Crippen LogP contribution in [-0.4, -0.2) is 177 Å². The van der Waals surface area contributed by atoms with Gasteiger partial charge in [0.2, 0.25) is 29.5 Å². The number of ether oxygens (including phenoxy) is 2. The largest absolute Gasteiger partial charge is 0.458 e. The molecular formula is C56H83N7O13. The van der Waals surface area contributed by atoms with E-state index in [0.717, 1.165) is 10.8 Å². The van der Waals surface area contributed by atoms with Gasteiger partial charge >= 0.3 is 11.9 Å². The smallest absolute Gasteiger partial charge is 0.329 e. The minimum Gasteiger partial charge on any atom is -0.458 e. The molecule has 2 aromatic carbocycles. The average Bonchev–Trinajstić information content (AvgIpc) is 4.06. The zero-order valence-corrected chi connectivity index (χ0v) is 46.4. The first kappa shape index (κ1) is 60.7. The van der Waals surface area contributed by atoms with Crippen LogP contribution in [0.25, 0.3) is 10.8 Å². The van der Waals surface area contributed by atoms with Crippen LogP contribution >= 0.6 is 0 Å². The number of carbonyl (C=O) groups is 9. The van der Waals surface area contributed by atoms with Crippen LogP contribution in [0.15, 0.2) is 42.5 Å². The lowest BCUT2D eigenvalue weighted by Gasteiger charge is -2.36. The number of nitrogens with zero attached hydrogens (tertiary/aromatic N) is 4. The number of nitrogens with one attached hydrogen (secondary N) is 3. The molecule has 0 aromatic heterocycles. The van der Waals surface area contributed by atoms with Gasteiger partial charge in [0.1, 0.15) is 48.5 Å². The molecule has 3 aliphatic heterocycles. The van der Waals surface area contributed by atoms with E-state index in [9.17, 15) is 53.4 Å². The molecule has 11 atom stereocenters. The van der Waals surface area contributed by atoms with E-state index in [4.69, 9.17) is 9.47 Å². The van der Waals surface area contributed by atoms with E-state index in [2.05, 4.69) is 16.0 Å². The first-order valence-corrected chi connectivity index (χ1v) is 27.0. The van der Waals surface area contributed by atoms with Crippen LogP contribution in [0.3, 0.4) is 0 Å². The van der Waals surface area contributed by atoms with Crippen molar-refractivity contribution in [3.63, 3.8) is 0 Å². The molecule has 4 unspecified atom stereocenters. The number of hydrogen-bond donors (Lipinski definition) is 5. The molecule has 0 aliphatic carbocycles. The number of likely N-dealkylation sites (tertiary alicyclic amines) is 1. The highest BCUT2D eigenvalue weighted by atomic mass is 16.6. The molecule has 2 aromatic rings. The molecule has 0 saturated carbocycles. The maximum Gasteiger partial charge on any atom is 0.329 e. The van der Waals surface area contributed by atoms with E-state index >= 15 is 0 Å². The van der Waals surface area contributed by atoms with Gasteiger partial charge in [-0.15, -0.1) is 0 Å². The summed E-state index contributed by atoms with van der Waals surface area (Å²) in [7, 11) is 2.86. The van der Waals surface area contributed by atoms with Crippen LogP contribution in [0.4, 0.5) is 0 Å². The molecule has 5 rings (SSSR count). The predicted molar refractivity (Wildman–Crippen MR) is 282 cm³/mol. The summed E-state index contributed by atoms with van der Waals surface area (Å²) in [5.41, 5.74) is 0.658. The van der Waals surface area contributed by atoms with Gasteiger partial charge < -0.3 is 55.2 Å². The normalized spacial score (nSPS) is 26.7. The lowest BCUT2D eigenvalue weighted by molar-refractivity contribution is -0.162. The fourth-order valence-corrected chi connectivity index (χ4v) is 10.5. The number of aliphatic hydroxyl groups is 2. The standard InChI is InChI=1S/C56H83N7O13/c1-30(2)25-39-53(71)63-24-16-20-41(63)55(73)61(12)43(28-36-21-22-37-17-13-14-18-38(37)27-36)56(74)75-35(10)47(50(68)58-46(32(5)6)44(65)29-45(66)76-48(33(7)8)51(69)57-39)59-49(67)42(26-31(3)4)60(11)54(72)40-19-15-23-62(40)52(70)34(9)64/h13-14,17-18,21-22,27,30-35,39-44,46-48,64-65H,15-16,19-20,23-26,28-29H2,1-12H3,(H,57,69)(H,58,68)(H,59,67)/t34-,35+,39-,40?,41?,42?,43?,44-,46+,47-,48-/m0/s1. The van der Waals surface area contributed by atoms with E-state index in [0.29, 0.717) is 24.8 Å². The van der Waals surface area contributed by atoms with Crippen molar-refractivity contribution in [1.29, 1.82) is 0 Å². The van der Waals surface area contributed by atoms with E-state index in [1.165, 1.54) is 47.5 Å². The van der Waals surface area contributed by atoms with Crippen molar-refractivity contribution < 1.29 is 62.8 Å². The summed E-state index contributed by atoms with van der Waals surface area (Å²) < 4.78 is 11.9. The Labute approximate surface area is 447 Å². The fraction of sp³-hybridized carbons (Fsp3) is 0.661. The Morgan fingerprint density at radius 1 is 0.816 bits per heavy atom. The summed E-state index contributed by atoms with van der Waals surface area (Å²) in [6.07, 6.45) is -4.88. The quantitative estimate of drug-likeness (QED) is 0.181. The number of hydrogen-bond acceptors (Lipinski definition) is 13. The van der Waals surface area contributed by atoms with Crippen molar-refractivity contribution >= 4 is 64.1 Å². The molecule has 420 valence electrons. The Kier molecular flexibility index (Phi) is 21.4. The summed E-state index contributed by atoms with van der Waals surface area (Å²) in [6, 6.07) is 4.58. The van der Waals surface area contributed by atoms with Crippen molar-refractivity contribution in [2.24, 2.45) is 23.7 Å². The summed E-state index contributed by atoms with van der Waals surface area (Å²) >= 11 is 0. The number of fused-ring (bicyclic) bond motifs is 2. The summed E-state index contributed by atoms with van der Waals surface area (Å²) in [6.45, 7) is 17.2. The Hall–Kier alpha value is -6.15. The second-order valence-corrected chi connectivity index (χ2v) is 22.5. The molecule has 20 nitrogen and oxygen atoms in total. The second-order valence-electron chi connectivity index (χ2n) is 22.5. The zero-order valence-electron chi connectivity index (χ0n) is 46.4. The number of rotatable bonds is 13. The Bertz CT molecular complexity index is 2430.